The van der Waals surface area contributed by atoms with Gasteiger partial charge in [-0.15, -0.1) is 0 Å². The van der Waals surface area contributed by atoms with E-state index in [9.17, 15) is 0 Å². The van der Waals surface area contributed by atoms with E-state index >= 15 is 0 Å². The first kappa shape index (κ1) is 16.3. The topological polar surface area (TPSA) is 21.3 Å². The SMILES string of the molecule is CCCNC(CCC(C)C)C1CCOC2(CCCC2)C1. The Bertz CT molecular complexity index is 271. The average Bonchev–Trinajstić information content (AvgIpc) is 2.86. The van der Waals surface area contributed by atoms with Crippen molar-refractivity contribution in [2.45, 2.75) is 90.2 Å². The molecule has 1 aliphatic carbocycles. The Morgan fingerprint density at radius 2 is 1.95 bits per heavy atom. The standard InChI is InChI=1S/C18H35NO/c1-4-12-19-17(8-7-15(2)3)16-9-13-20-18(14-16)10-5-6-11-18/h15-17,19H,4-14H2,1-3H3. The second-order valence-corrected chi connectivity index (χ2v) is 7.52. The first-order valence-corrected chi connectivity index (χ1v) is 9.02. The summed E-state index contributed by atoms with van der Waals surface area (Å²) in [5.41, 5.74) is 0.271. The van der Waals surface area contributed by atoms with Gasteiger partial charge < -0.3 is 10.1 Å². The lowest BCUT2D eigenvalue weighted by molar-refractivity contribution is -0.0984. The van der Waals surface area contributed by atoms with Crippen molar-refractivity contribution >= 4 is 0 Å². The van der Waals surface area contributed by atoms with Gasteiger partial charge >= 0.3 is 0 Å². The van der Waals surface area contributed by atoms with Crippen LogP contribution >= 0.6 is 0 Å². The van der Waals surface area contributed by atoms with Crippen LogP contribution in [0.2, 0.25) is 0 Å². The molecule has 2 fully saturated rings. The molecule has 1 heterocycles. The number of ether oxygens (including phenoxy) is 1. The maximum Gasteiger partial charge on any atom is 0.0685 e. The number of nitrogens with one attached hydrogen (secondary N) is 1. The molecule has 2 atom stereocenters. The van der Waals surface area contributed by atoms with Crippen molar-refractivity contribution in [1.29, 1.82) is 0 Å². The van der Waals surface area contributed by atoms with Gasteiger partial charge in [0.25, 0.3) is 0 Å². The molecule has 1 N–H and O–H groups in total. The normalized spacial score (nSPS) is 27.3. The van der Waals surface area contributed by atoms with Gasteiger partial charge in [-0.2, -0.15) is 0 Å². The van der Waals surface area contributed by atoms with Gasteiger partial charge in [-0.05, 0) is 63.3 Å². The molecule has 2 heteroatoms. The summed E-state index contributed by atoms with van der Waals surface area (Å²) in [6, 6.07) is 0.721. The summed E-state index contributed by atoms with van der Waals surface area (Å²) in [5.74, 6) is 1.66. The second kappa shape index (κ2) is 7.79. The summed E-state index contributed by atoms with van der Waals surface area (Å²) < 4.78 is 6.21. The van der Waals surface area contributed by atoms with E-state index in [4.69, 9.17) is 4.74 Å². The molecule has 0 aromatic heterocycles. The molecular formula is C18H35NO. The van der Waals surface area contributed by atoms with Crippen LogP contribution in [0.25, 0.3) is 0 Å². The predicted molar refractivity (Wildman–Crippen MR) is 86.0 cm³/mol. The molecule has 1 saturated heterocycles. The van der Waals surface area contributed by atoms with Gasteiger partial charge in [0, 0.05) is 12.6 Å². The third kappa shape index (κ3) is 4.46. The van der Waals surface area contributed by atoms with Crippen molar-refractivity contribution in [3.8, 4) is 0 Å². The van der Waals surface area contributed by atoms with Crippen LogP contribution in [0.15, 0.2) is 0 Å². The van der Waals surface area contributed by atoms with Crippen molar-refractivity contribution in [2.75, 3.05) is 13.2 Å². The van der Waals surface area contributed by atoms with Gasteiger partial charge in [-0.1, -0.05) is 33.6 Å². The smallest absolute Gasteiger partial charge is 0.0685 e. The number of hydrogen-bond donors (Lipinski definition) is 1. The molecule has 0 aromatic rings. The van der Waals surface area contributed by atoms with Crippen LogP contribution in [-0.2, 0) is 4.74 Å². The second-order valence-electron chi connectivity index (χ2n) is 7.52. The van der Waals surface area contributed by atoms with E-state index in [0.717, 1.165) is 24.5 Å². The van der Waals surface area contributed by atoms with Crippen molar-refractivity contribution in [2.24, 2.45) is 11.8 Å². The molecule has 0 amide bonds. The lowest BCUT2D eigenvalue weighted by Gasteiger charge is -2.42. The highest BCUT2D eigenvalue weighted by atomic mass is 16.5. The summed E-state index contributed by atoms with van der Waals surface area (Å²) in [6.07, 6.45) is 11.9. The molecule has 0 aromatic carbocycles. The van der Waals surface area contributed by atoms with Crippen molar-refractivity contribution < 1.29 is 4.74 Å². The van der Waals surface area contributed by atoms with Crippen LogP contribution < -0.4 is 5.32 Å². The van der Waals surface area contributed by atoms with E-state index in [1.807, 2.05) is 0 Å². The molecule has 2 unspecified atom stereocenters. The molecule has 1 spiro atoms. The molecule has 2 nitrogen and oxygen atoms in total. The molecule has 118 valence electrons. The molecule has 0 radical (unpaired) electrons. The molecule has 0 bridgehead atoms. The fourth-order valence-corrected chi connectivity index (χ4v) is 4.12. The van der Waals surface area contributed by atoms with E-state index in [2.05, 4.69) is 26.1 Å². The van der Waals surface area contributed by atoms with Crippen molar-refractivity contribution in [3.63, 3.8) is 0 Å². The molecule has 1 aliphatic heterocycles. The molecule has 2 aliphatic rings. The number of hydrogen-bond acceptors (Lipinski definition) is 2. The van der Waals surface area contributed by atoms with E-state index < -0.39 is 0 Å². The van der Waals surface area contributed by atoms with E-state index in [1.165, 1.54) is 64.3 Å². The van der Waals surface area contributed by atoms with Crippen molar-refractivity contribution in [3.05, 3.63) is 0 Å². The zero-order chi connectivity index (χ0) is 14.4. The highest BCUT2D eigenvalue weighted by Gasteiger charge is 2.41. The molecule has 20 heavy (non-hydrogen) atoms. The highest BCUT2D eigenvalue weighted by Crippen LogP contribution is 2.43. The highest BCUT2D eigenvalue weighted by molar-refractivity contribution is 4.94. The quantitative estimate of drug-likeness (QED) is 0.740. The van der Waals surface area contributed by atoms with Crippen LogP contribution in [0, 0.1) is 11.8 Å². The fraction of sp³-hybridized carbons (Fsp3) is 1.00. The van der Waals surface area contributed by atoms with E-state index in [1.54, 1.807) is 0 Å². The van der Waals surface area contributed by atoms with Gasteiger partial charge in [0.15, 0.2) is 0 Å². The van der Waals surface area contributed by atoms with E-state index in [-0.39, 0.29) is 5.60 Å². The third-order valence-electron chi connectivity index (χ3n) is 5.33. The third-order valence-corrected chi connectivity index (χ3v) is 5.33. The zero-order valence-corrected chi connectivity index (χ0v) is 13.9. The minimum atomic E-state index is 0.271. The summed E-state index contributed by atoms with van der Waals surface area (Å²) >= 11 is 0. The van der Waals surface area contributed by atoms with Crippen LogP contribution in [0.1, 0.15) is 78.6 Å². The maximum atomic E-state index is 6.21. The lowest BCUT2D eigenvalue weighted by atomic mass is 9.79. The van der Waals surface area contributed by atoms with E-state index in [0.29, 0.717) is 0 Å². The van der Waals surface area contributed by atoms with Gasteiger partial charge in [0.05, 0.1) is 5.60 Å². The summed E-state index contributed by atoms with van der Waals surface area (Å²) in [5, 5.41) is 3.85. The molecular weight excluding hydrogens is 246 g/mol. The first-order valence-electron chi connectivity index (χ1n) is 9.02. The van der Waals surface area contributed by atoms with Gasteiger partial charge in [-0.3, -0.25) is 0 Å². The van der Waals surface area contributed by atoms with Gasteiger partial charge in [-0.25, -0.2) is 0 Å². The Balaban J connectivity index is 1.91. The predicted octanol–water partition coefficient (Wildman–Crippen LogP) is 4.53. The Kier molecular flexibility index (Phi) is 6.35. The summed E-state index contributed by atoms with van der Waals surface area (Å²) in [4.78, 5) is 0. The lowest BCUT2D eigenvalue weighted by Crippen LogP contribution is -2.46. The van der Waals surface area contributed by atoms with Crippen LogP contribution in [0.5, 0.6) is 0 Å². The average molecular weight is 281 g/mol. The van der Waals surface area contributed by atoms with Crippen LogP contribution in [0.4, 0.5) is 0 Å². The van der Waals surface area contributed by atoms with Gasteiger partial charge in [0.2, 0.25) is 0 Å². The Hall–Kier alpha value is -0.0800. The number of rotatable bonds is 7. The van der Waals surface area contributed by atoms with Crippen molar-refractivity contribution in [1.82, 2.24) is 5.32 Å². The minimum Gasteiger partial charge on any atom is -0.375 e. The Morgan fingerprint density at radius 1 is 1.20 bits per heavy atom. The van der Waals surface area contributed by atoms with Gasteiger partial charge in [0.1, 0.15) is 0 Å². The molecule has 2 rings (SSSR count). The Labute approximate surface area is 126 Å². The molecule has 1 saturated carbocycles. The zero-order valence-electron chi connectivity index (χ0n) is 13.9. The van der Waals surface area contributed by atoms with Crippen LogP contribution in [0.3, 0.4) is 0 Å². The Morgan fingerprint density at radius 3 is 2.60 bits per heavy atom. The summed E-state index contributed by atoms with van der Waals surface area (Å²) in [6.45, 7) is 9.14. The minimum absolute atomic E-state index is 0.271. The monoisotopic (exact) mass is 281 g/mol. The van der Waals surface area contributed by atoms with Crippen LogP contribution in [-0.4, -0.2) is 24.8 Å². The summed E-state index contributed by atoms with van der Waals surface area (Å²) in [7, 11) is 0. The largest absolute Gasteiger partial charge is 0.375 e. The fourth-order valence-electron chi connectivity index (χ4n) is 4.12. The maximum absolute atomic E-state index is 6.21. The first-order chi connectivity index (χ1) is 9.65.